The number of rotatable bonds is 15. The molecule has 16 nitrogen and oxygen atoms in total. The zero-order valence-corrected chi connectivity index (χ0v) is 48.8. The Kier molecular flexibility index (Phi) is 15.1. The maximum Gasteiger partial charge on any atom is 0.415 e. The van der Waals surface area contributed by atoms with Crippen molar-refractivity contribution in [3.8, 4) is 17.1 Å². The number of unbranched alkanes of at least 4 members (excludes halogenated alkanes) is 3. The Labute approximate surface area is 475 Å². The molecule has 4 aliphatic carbocycles. The third kappa shape index (κ3) is 9.73. The van der Waals surface area contributed by atoms with Crippen LogP contribution in [0.2, 0.25) is 0 Å². The van der Waals surface area contributed by atoms with Crippen molar-refractivity contribution in [2.75, 3.05) is 52.2 Å². The monoisotopic (exact) mass is 1100 g/mol. The second kappa shape index (κ2) is 21.7. The van der Waals surface area contributed by atoms with Gasteiger partial charge in [-0.05, 0) is 170 Å². The summed E-state index contributed by atoms with van der Waals surface area (Å²) in [6.07, 6.45) is 11.1. The van der Waals surface area contributed by atoms with E-state index in [1.165, 1.54) is 29.2 Å². The Balaban J connectivity index is 0.693. The van der Waals surface area contributed by atoms with Crippen LogP contribution in [0.25, 0.3) is 22.3 Å². The molecule has 0 bridgehead atoms. The number of aliphatic hydroxyl groups is 1. The topological polar surface area (TPSA) is 181 Å². The highest BCUT2D eigenvalue weighted by atomic mass is 16.6. The molecule has 3 aliphatic heterocycles. The molecule has 1 amide bonds. The summed E-state index contributed by atoms with van der Waals surface area (Å²) in [5, 5.41) is 12.2. The van der Waals surface area contributed by atoms with E-state index in [0.29, 0.717) is 55.0 Å². The van der Waals surface area contributed by atoms with Crippen molar-refractivity contribution < 1.29 is 43.3 Å². The molecule has 430 valence electrons. The first kappa shape index (κ1) is 56.4. The second-order valence-corrected chi connectivity index (χ2v) is 25.1. The molecule has 1 saturated heterocycles. The van der Waals surface area contributed by atoms with E-state index in [1.807, 2.05) is 42.1 Å². The number of Topliss-reactive ketones (excluding diaryl/α,β-unsaturated/α-hetero) is 1. The van der Waals surface area contributed by atoms with Gasteiger partial charge in [0, 0.05) is 97.8 Å². The quantitative estimate of drug-likeness (QED) is 0.0773. The molecule has 3 fully saturated rings. The molecule has 2 aromatic heterocycles. The first-order valence-electron chi connectivity index (χ1n) is 29.6. The Bertz CT molecular complexity index is 3360. The number of carbonyl (C=O) groups excluding carboxylic acids is 5. The van der Waals surface area contributed by atoms with E-state index in [9.17, 15) is 33.9 Å². The summed E-state index contributed by atoms with van der Waals surface area (Å²) in [5.74, 6) is -0.0102. The first-order chi connectivity index (χ1) is 38.7. The van der Waals surface area contributed by atoms with Crippen LogP contribution in [0.15, 0.2) is 76.1 Å². The molecular weight excluding hydrogens is 1020 g/mol. The largest absolute Gasteiger partial charge is 0.458 e. The first-order valence-corrected chi connectivity index (χ1v) is 29.6. The fourth-order valence-electron chi connectivity index (χ4n) is 15.7. The number of anilines is 1. The maximum atomic E-state index is 14.1. The lowest BCUT2D eigenvalue weighted by molar-refractivity contribution is -0.182. The highest BCUT2D eigenvalue weighted by Gasteiger charge is 2.67. The molecule has 4 aromatic rings. The number of nitrogens with zero attached hydrogens (tertiary/aromatic N) is 6. The number of fused-ring (bicyclic) bond motifs is 9. The van der Waals surface area contributed by atoms with Gasteiger partial charge in [0.15, 0.2) is 22.8 Å². The average molecular weight is 1110 g/mol. The lowest BCUT2D eigenvalue weighted by atomic mass is 9.50. The third-order valence-electron chi connectivity index (χ3n) is 19.9. The van der Waals surface area contributed by atoms with Crippen LogP contribution in [0.5, 0.6) is 5.75 Å². The molecule has 11 rings (SSSR count). The molecule has 0 unspecified atom stereocenters. The maximum absolute atomic E-state index is 14.1. The summed E-state index contributed by atoms with van der Waals surface area (Å²) in [5.41, 5.74) is 6.48. The van der Waals surface area contributed by atoms with E-state index in [-0.39, 0.29) is 77.7 Å². The van der Waals surface area contributed by atoms with E-state index >= 15 is 0 Å². The predicted molar refractivity (Wildman–Crippen MR) is 309 cm³/mol. The smallest absolute Gasteiger partial charge is 0.415 e. The zero-order chi connectivity index (χ0) is 57.4. The number of amides is 1. The number of esters is 2. The van der Waals surface area contributed by atoms with Gasteiger partial charge < -0.3 is 38.6 Å². The van der Waals surface area contributed by atoms with Crippen molar-refractivity contribution in [3.05, 3.63) is 109 Å². The van der Waals surface area contributed by atoms with Crippen LogP contribution in [0, 0.1) is 17.3 Å². The summed E-state index contributed by atoms with van der Waals surface area (Å²) in [4.78, 5) is 93.3. The summed E-state index contributed by atoms with van der Waals surface area (Å²) >= 11 is 0. The number of piperazine rings is 1. The third-order valence-corrected chi connectivity index (χ3v) is 19.9. The average Bonchev–Trinajstić information content (AvgIpc) is 3.99. The van der Waals surface area contributed by atoms with E-state index in [0.717, 1.165) is 93.2 Å². The van der Waals surface area contributed by atoms with Gasteiger partial charge in [0.25, 0.3) is 5.56 Å². The van der Waals surface area contributed by atoms with Crippen LogP contribution >= 0.6 is 0 Å². The van der Waals surface area contributed by atoms with Gasteiger partial charge in [-0.15, -0.1) is 0 Å². The molecule has 1 N–H and O–H groups in total. The Morgan fingerprint density at radius 3 is 2.41 bits per heavy atom. The molecular formula is C65H80N6O10. The van der Waals surface area contributed by atoms with Gasteiger partial charge in [0.2, 0.25) is 0 Å². The van der Waals surface area contributed by atoms with Gasteiger partial charge >= 0.3 is 18.0 Å². The minimum Gasteiger partial charge on any atom is -0.458 e. The zero-order valence-electron chi connectivity index (χ0n) is 48.8. The number of carbonyl (C=O) groups is 5. The van der Waals surface area contributed by atoms with Crippen LogP contribution in [0.1, 0.15) is 152 Å². The number of ether oxygens (including phenoxy) is 3. The predicted octanol–water partition coefficient (Wildman–Crippen LogP) is 9.52. The summed E-state index contributed by atoms with van der Waals surface area (Å²) in [7, 11) is 6.08. The minimum absolute atomic E-state index is 0.0539. The van der Waals surface area contributed by atoms with Crippen LogP contribution in [0.4, 0.5) is 10.5 Å². The fourth-order valence-corrected chi connectivity index (χ4v) is 15.7. The molecule has 5 heterocycles. The Morgan fingerprint density at radius 2 is 1.68 bits per heavy atom. The lowest BCUT2D eigenvalue weighted by Gasteiger charge is -2.55. The van der Waals surface area contributed by atoms with E-state index in [4.69, 9.17) is 19.2 Å². The van der Waals surface area contributed by atoms with Crippen LogP contribution < -0.4 is 15.2 Å². The summed E-state index contributed by atoms with van der Waals surface area (Å²) in [6, 6.07) is 16.4. The number of hydrogen-bond acceptors (Lipinski definition) is 14. The number of benzene rings is 2. The van der Waals surface area contributed by atoms with Crippen molar-refractivity contribution in [3.63, 3.8) is 0 Å². The highest BCUT2D eigenvalue weighted by Crippen LogP contribution is 2.68. The van der Waals surface area contributed by atoms with Crippen LogP contribution in [0.3, 0.4) is 0 Å². The van der Waals surface area contributed by atoms with Crippen molar-refractivity contribution in [1.29, 1.82) is 0 Å². The van der Waals surface area contributed by atoms with Crippen LogP contribution in [-0.4, -0.2) is 124 Å². The lowest BCUT2D eigenvalue weighted by Crippen LogP contribution is -2.58. The SMILES string of the molecule is CC[C@@]1(O)C(=O)OCc2c1cc1n(c2=O)Cc2cc3c(CN(C)C)c(OC(=O)N4C[C@H](C)N(CCCCCCN(C)c5ccc([C@H]6C[C@@]7(C)[C@@H](CC[C@]7(OC(C)=O)C(C)=O)[C@@H]7CCC8=CC(=O)CCC8=C76)cc5)C[C@H]4C)ccc3nc2-1. The molecule has 0 spiro atoms. The number of cyclic esters (lactones) is 1. The highest BCUT2D eigenvalue weighted by molar-refractivity contribution is 5.93. The van der Waals surface area contributed by atoms with Gasteiger partial charge in [0.1, 0.15) is 12.4 Å². The van der Waals surface area contributed by atoms with Crippen molar-refractivity contribution in [1.82, 2.24) is 24.3 Å². The Hall–Kier alpha value is -6.49. The van der Waals surface area contributed by atoms with Gasteiger partial charge in [-0.1, -0.05) is 44.4 Å². The standard InChI is InChI=1S/C65H80N6O10/c1-10-64(78)54-31-56-59-44(35-71(56)60(75)52(54)37-79-61(64)76)30-49-51(36-67(7)8)57(24-23-55(49)66-59)80-62(77)70-34-38(2)69(33-39(70)3)28-14-12-11-13-27-68(9)45-18-15-42(16-19-45)50-32-63(6)53(25-26-65(63,40(4)72)81-41(5)73)48-21-17-43-29-46(74)20-22-47(43)58(48)50/h15-16,18-19,23-24,29-31,38-39,48,50,53,78H,10-14,17,20-22,25-28,32-37H2,1-9H3/t38-,39+,48-,50+,53-,63-,64-,65-/m0/s1. The van der Waals surface area contributed by atoms with Gasteiger partial charge in [-0.2, -0.15) is 0 Å². The molecule has 0 radical (unpaired) electrons. The molecule has 16 heteroatoms. The number of pyridine rings is 2. The molecule has 7 aliphatic rings. The minimum atomic E-state index is -1.91. The number of hydrogen-bond donors (Lipinski definition) is 1. The van der Waals surface area contributed by atoms with E-state index in [1.54, 1.807) is 30.5 Å². The molecule has 2 aromatic carbocycles. The summed E-state index contributed by atoms with van der Waals surface area (Å²) in [6.45, 7) is 14.9. The van der Waals surface area contributed by atoms with Gasteiger partial charge in [-0.3, -0.25) is 24.1 Å². The number of allylic oxidation sites excluding steroid dienone is 4. The number of ketones is 2. The summed E-state index contributed by atoms with van der Waals surface area (Å²) < 4.78 is 19.3. The van der Waals surface area contributed by atoms with Crippen molar-refractivity contribution >= 4 is 46.2 Å². The number of aromatic nitrogens is 2. The van der Waals surface area contributed by atoms with E-state index < -0.39 is 34.6 Å². The molecule has 8 atom stereocenters. The van der Waals surface area contributed by atoms with Crippen molar-refractivity contribution in [2.45, 2.75) is 167 Å². The van der Waals surface area contributed by atoms with E-state index in [2.05, 4.69) is 61.9 Å². The Morgan fingerprint density at radius 1 is 0.914 bits per heavy atom. The van der Waals surface area contributed by atoms with Gasteiger partial charge in [0.05, 0.1) is 29.0 Å². The second-order valence-electron chi connectivity index (χ2n) is 25.1. The van der Waals surface area contributed by atoms with Crippen molar-refractivity contribution in [2.24, 2.45) is 17.3 Å². The van der Waals surface area contributed by atoms with Crippen LogP contribution in [-0.2, 0) is 53.9 Å². The van der Waals surface area contributed by atoms with Gasteiger partial charge in [-0.25, -0.2) is 14.6 Å². The molecule has 81 heavy (non-hydrogen) atoms. The normalized spacial score (nSPS) is 27.7. The molecule has 2 saturated carbocycles. The fraction of sp³-hybridized carbons (Fsp3) is 0.554.